The maximum absolute atomic E-state index is 13.3. The summed E-state index contributed by atoms with van der Waals surface area (Å²) in [4.78, 5) is 1.91. The van der Waals surface area contributed by atoms with Crippen molar-refractivity contribution in [3.63, 3.8) is 0 Å². The lowest BCUT2D eigenvalue weighted by molar-refractivity contribution is 0.627. The zero-order chi connectivity index (χ0) is 14.9. The summed E-state index contributed by atoms with van der Waals surface area (Å²) in [5, 5.41) is 7.60. The van der Waals surface area contributed by atoms with Gasteiger partial charge in [-0.3, -0.25) is 5.41 Å². The molecule has 0 aliphatic heterocycles. The molecule has 0 amide bonds. The van der Waals surface area contributed by atoms with Gasteiger partial charge in [-0.1, -0.05) is 6.07 Å². The van der Waals surface area contributed by atoms with Crippen molar-refractivity contribution >= 4 is 17.2 Å². The van der Waals surface area contributed by atoms with Crippen molar-refractivity contribution in [1.82, 2.24) is 0 Å². The van der Waals surface area contributed by atoms with E-state index in [4.69, 9.17) is 11.1 Å². The molecule has 2 aromatic rings. The van der Waals surface area contributed by atoms with Gasteiger partial charge in [0.25, 0.3) is 0 Å². The van der Waals surface area contributed by atoms with Gasteiger partial charge in [-0.05, 0) is 55.3 Å². The van der Waals surface area contributed by atoms with E-state index in [0.29, 0.717) is 11.3 Å². The average molecular weight is 271 g/mol. The topological polar surface area (TPSA) is 53.1 Å². The number of hydrogen-bond acceptors (Lipinski definition) is 2. The van der Waals surface area contributed by atoms with Crippen molar-refractivity contribution in [2.45, 2.75) is 13.8 Å². The highest BCUT2D eigenvalue weighted by Gasteiger charge is 2.13. The number of hydrogen-bond donors (Lipinski definition) is 2. The molecule has 0 saturated heterocycles. The van der Waals surface area contributed by atoms with Crippen LogP contribution in [0.2, 0.25) is 0 Å². The minimum Gasteiger partial charge on any atom is -0.384 e. The average Bonchev–Trinajstić information content (AvgIpc) is 2.36. The molecule has 0 aliphatic carbocycles. The van der Waals surface area contributed by atoms with Crippen molar-refractivity contribution in [3.8, 4) is 0 Å². The second-order valence-electron chi connectivity index (χ2n) is 4.98. The van der Waals surface area contributed by atoms with E-state index in [-0.39, 0.29) is 5.84 Å². The van der Waals surface area contributed by atoms with E-state index in [1.807, 2.05) is 37.9 Å². The Morgan fingerprint density at radius 2 is 1.70 bits per heavy atom. The number of nitrogen functional groups attached to an aromatic ring is 1. The van der Waals surface area contributed by atoms with Crippen molar-refractivity contribution in [2.24, 2.45) is 5.73 Å². The van der Waals surface area contributed by atoms with E-state index < -0.39 is 5.82 Å². The van der Waals surface area contributed by atoms with Crippen LogP contribution in [0.3, 0.4) is 0 Å². The quantitative estimate of drug-likeness (QED) is 0.663. The molecule has 0 heterocycles. The monoisotopic (exact) mass is 271 g/mol. The van der Waals surface area contributed by atoms with Gasteiger partial charge in [-0.2, -0.15) is 0 Å². The van der Waals surface area contributed by atoms with Crippen LogP contribution in [-0.2, 0) is 0 Å². The summed E-state index contributed by atoms with van der Waals surface area (Å²) in [5.74, 6) is -0.538. The number of anilines is 2. The van der Waals surface area contributed by atoms with Gasteiger partial charge in [0.15, 0.2) is 0 Å². The lowest BCUT2D eigenvalue weighted by atomic mass is 10.1. The first-order valence-corrected chi connectivity index (χ1v) is 6.34. The lowest BCUT2D eigenvalue weighted by Crippen LogP contribution is -2.19. The fourth-order valence-corrected chi connectivity index (χ4v) is 2.30. The fourth-order valence-electron chi connectivity index (χ4n) is 2.30. The third-order valence-corrected chi connectivity index (χ3v) is 3.20. The predicted molar refractivity (Wildman–Crippen MR) is 81.4 cm³/mol. The van der Waals surface area contributed by atoms with Gasteiger partial charge in [0.05, 0.1) is 5.69 Å². The van der Waals surface area contributed by atoms with Gasteiger partial charge in [-0.15, -0.1) is 0 Å². The van der Waals surface area contributed by atoms with Crippen LogP contribution in [0.1, 0.15) is 16.7 Å². The third-order valence-electron chi connectivity index (χ3n) is 3.20. The van der Waals surface area contributed by atoms with Gasteiger partial charge in [0.1, 0.15) is 11.7 Å². The summed E-state index contributed by atoms with van der Waals surface area (Å²) >= 11 is 0. The van der Waals surface area contributed by atoms with Crippen molar-refractivity contribution in [3.05, 3.63) is 58.9 Å². The summed E-state index contributed by atoms with van der Waals surface area (Å²) in [7, 11) is 1.88. The third kappa shape index (κ3) is 2.79. The highest BCUT2D eigenvalue weighted by Crippen LogP contribution is 2.28. The summed E-state index contributed by atoms with van der Waals surface area (Å²) in [5.41, 5.74) is 9.94. The van der Waals surface area contributed by atoms with Crippen LogP contribution < -0.4 is 10.6 Å². The molecule has 0 atom stereocenters. The molecule has 0 radical (unpaired) electrons. The van der Waals surface area contributed by atoms with Gasteiger partial charge >= 0.3 is 0 Å². The second kappa shape index (κ2) is 5.33. The highest BCUT2D eigenvalue weighted by molar-refractivity contribution is 6.01. The SMILES string of the molecule is Cc1cc(C)cc(N(C)c2ccc(F)cc2C(=N)N)c1. The molecule has 3 N–H and O–H groups in total. The molecule has 3 nitrogen and oxygen atoms in total. The van der Waals surface area contributed by atoms with Gasteiger partial charge in [-0.25, -0.2) is 4.39 Å². The molecule has 2 rings (SSSR count). The molecule has 0 unspecified atom stereocenters. The molecule has 104 valence electrons. The summed E-state index contributed by atoms with van der Waals surface area (Å²) in [6.07, 6.45) is 0. The van der Waals surface area contributed by atoms with Crippen LogP contribution in [0.4, 0.5) is 15.8 Å². The minimum atomic E-state index is -0.396. The summed E-state index contributed by atoms with van der Waals surface area (Å²) in [6.45, 7) is 4.06. The number of amidine groups is 1. The molecule has 0 saturated carbocycles. The number of rotatable bonds is 3. The standard InChI is InChI=1S/C16H18FN3/c1-10-6-11(2)8-13(7-10)20(3)15-5-4-12(17)9-14(15)16(18)19/h4-9H,1-3H3,(H3,18,19). The maximum atomic E-state index is 13.3. The molecule has 4 heteroatoms. The first-order chi connectivity index (χ1) is 9.38. The lowest BCUT2D eigenvalue weighted by Gasteiger charge is -2.23. The second-order valence-corrected chi connectivity index (χ2v) is 4.98. The number of nitrogens with one attached hydrogen (secondary N) is 1. The zero-order valence-electron chi connectivity index (χ0n) is 11.9. The number of halogens is 1. The van der Waals surface area contributed by atoms with Crippen molar-refractivity contribution < 1.29 is 4.39 Å². The van der Waals surface area contributed by atoms with Crippen LogP contribution in [0, 0.1) is 25.1 Å². The first-order valence-electron chi connectivity index (χ1n) is 6.34. The summed E-state index contributed by atoms with van der Waals surface area (Å²) < 4.78 is 13.3. The first kappa shape index (κ1) is 14.1. The Hall–Kier alpha value is -2.36. The minimum absolute atomic E-state index is 0.143. The molecule has 0 bridgehead atoms. The van der Waals surface area contributed by atoms with Gasteiger partial charge in [0, 0.05) is 18.3 Å². The Morgan fingerprint density at radius 3 is 2.25 bits per heavy atom. The van der Waals surface area contributed by atoms with E-state index in [2.05, 4.69) is 6.07 Å². The van der Waals surface area contributed by atoms with Gasteiger partial charge in [0.2, 0.25) is 0 Å². The number of nitrogens with two attached hydrogens (primary N) is 1. The largest absolute Gasteiger partial charge is 0.384 e. The summed E-state index contributed by atoms with van der Waals surface area (Å²) in [6, 6.07) is 10.5. The van der Waals surface area contributed by atoms with Crippen molar-refractivity contribution in [2.75, 3.05) is 11.9 Å². The Kier molecular flexibility index (Phi) is 3.74. The molecule has 0 aliphatic rings. The van der Waals surface area contributed by atoms with Crippen LogP contribution in [-0.4, -0.2) is 12.9 Å². The van der Waals surface area contributed by atoms with Crippen molar-refractivity contribution in [1.29, 1.82) is 5.41 Å². The molecule has 0 fully saturated rings. The number of aryl methyl sites for hydroxylation is 2. The van der Waals surface area contributed by atoms with Crippen LogP contribution in [0.15, 0.2) is 36.4 Å². The Balaban J connectivity index is 2.52. The van der Waals surface area contributed by atoms with Crippen LogP contribution in [0.5, 0.6) is 0 Å². The maximum Gasteiger partial charge on any atom is 0.125 e. The molecule has 0 spiro atoms. The molecule has 20 heavy (non-hydrogen) atoms. The molecular formula is C16H18FN3. The fraction of sp³-hybridized carbons (Fsp3) is 0.188. The zero-order valence-corrected chi connectivity index (χ0v) is 11.9. The molecule has 2 aromatic carbocycles. The van der Waals surface area contributed by atoms with Crippen LogP contribution in [0.25, 0.3) is 0 Å². The predicted octanol–water partition coefficient (Wildman–Crippen LogP) is 3.49. The van der Waals surface area contributed by atoms with E-state index in [1.54, 1.807) is 6.07 Å². The molecular weight excluding hydrogens is 253 g/mol. The highest BCUT2D eigenvalue weighted by atomic mass is 19.1. The number of benzene rings is 2. The van der Waals surface area contributed by atoms with E-state index in [1.165, 1.54) is 12.1 Å². The van der Waals surface area contributed by atoms with Gasteiger partial charge < -0.3 is 10.6 Å². The Bertz CT molecular complexity index is 645. The van der Waals surface area contributed by atoms with E-state index in [0.717, 1.165) is 16.8 Å². The normalized spacial score (nSPS) is 10.4. The van der Waals surface area contributed by atoms with E-state index >= 15 is 0 Å². The van der Waals surface area contributed by atoms with E-state index in [9.17, 15) is 4.39 Å². The molecule has 0 aromatic heterocycles. The van der Waals surface area contributed by atoms with Crippen LogP contribution >= 0.6 is 0 Å². The number of nitrogens with zero attached hydrogens (tertiary/aromatic N) is 1. The Labute approximate surface area is 118 Å². The Morgan fingerprint density at radius 1 is 1.10 bits per heavy atom. The smallest absolute Gasteiger partial charge is 0.125 e.